The first-order valence-electron chi connectivity index (χ1n) is 1.92. The van der Waals surface area contributed by atoms with Crippen molar-refractivity contribution in [1.29, 1.82) is 0 Å². The molecule has 1 aliphatic heterocycles. The largest absolute Gasteiger partial charge is 0.413 e. The van der Waals surface area contributed by atoms with Crippen molar-refractivity contribution in [3.63, 3.8) is 0 Å². The molecule has 2 nitrogen and oxygen atoms in total. The van der Waals surface area contributed by atoms with Crippen LogP contribution in [0.2, 0.25) is 0 Å². The minimum Gasteiger partial charge on any atom is -0.413 e. The highest BCUT2D eigenvalue weighted by atomic mass is 28.2. The van der Waals surface area contributed by atoms with Gasteiger partial charge < -0.3 is 9.16 Å². The Kier molecular flexibility index (Phi) is 1.67. The average Bonchev–Trinajstić information content (AvgIpc) is 1.72. The monoisotopic (exact) mass is 102 g/mol. The minimum absolute atomic E-state index is 0.579. The van der Waals surface area contributed by atoms with Crippen molar-refractivity contribution in [2.24, 2.45) is 0 Å². The molecular weight excluding hydrogens is 96.1 g/mol. The van der Waals surface area contributed by atoms with Gasteiger partial charge in [-0.05, 0) is 0 Å². The van der Waals surface area contributed by atoms with Gasteiger partial charge >= 0.3 is 0 Å². The van der Waals surface area contributed by atoms with E-state index in [9.17, 15) is 0 Å². The lowest BCUT2D eigenvalue weighted by molar-refractivity contribution is 0.0933. The summed E-state index contributed by atoms with van der Waals surface area (Å²) in [6.07, 6.45) is 0.806. The second-order valence-corrected chi connectivity index (χ2v) is 1.91. The van der Waals surface area contributed by atoms with Crippen LogP contribution >= 0.6 is 0 Å². The summed E-state index contributed by atoms with van der Waals surface area (Å²) in [7, 11) is 0.579. The number of hydrogen-bond acceptors (Lipinski definition) is 2. The van der Waals surface area contributed by atoms with Gasteiger partial charge in [0.05, 0.1) is 19.4 Å². The third-order valence-electron chi connectivity index (χ3n) is 0.593. The fraction of sp³-hybridized carbons (Fsp3) is 1.00. The molecule has 0 atom stereocenters. The predicted molar refractivity (Wildman–Crippen MR) is 22.5 cm³/mol. The van der Waals surface area contributed by atoms with Crippen molar-refractivity contribution in [3.8, 4) is 0 Å². The van der Waals surface area contributed by atoms with Gasteiger partial charge in [-0.15, -0.1) is 0 Å². The zero-order valence-electron chi connectivity index (χ0n) is 3.44. The molecule has 0 saturated carbocycles. The molecule has 0 aliphatic carbocycles. The van der Waals surface area contributed by atoms with Crippen LogP contribution in [-0.2, 0) is 9.16 Å². The summed E-state index contributed by atoms with van der Waals surface area (Å²) in [5.41, 5.74) is 0. The summed E-state index contributed by atoms with van der Waals surface area (Å²) >= 11 is 0. The van der Waals surface area contributed by atoms with Gasteiger partial charge in [-0.25, -0.2) is 0 Å². The molecule has 0 N–H and O–H groups in total. The van der Waals surface area contributed by atoms with Crippen LogP contribution in [0.1, 0.15) is 0 Å². The van der Waals surface area contributed by atoms with Gasteiger partial charge in [-0.2, -0.15) is 0 Å². The van der Waals surface area contributed by atoms with Gasteiger partial charge in [0.2, 0.25) is 0 Å². The first-order chi connectivity index (χ1) is 3.00. The molecule has 0 aromatic carbocycles. The van der Waals surface area contributed by atoms with Crippen LogP contribution in [0.15, 0.2) is 0 Å². The summed E-state index contributed by atoms with van der Waals surface area (Å²) in [5, 5.41) is 0. The van der Waals surface area contributed by atoms with Gasteiger partial charge in [0, 0.05) is 0 Å². The maximum Gasteiger partial charge on any atom is 0.258 e. The van der Waals surface area contributed by atoms with E-state index in [1.165, 1.54) is 0 Å². The highest BCUT2D eigenvalue weighted by Crippen LogP contribution is 1.82. The quantitative estimate of drug-likeness (QED) is 0.388. The van der Waals surface area contributed by atoms with Crippen molar-refractivity contribution in [2.75, 3.05) is 19.4 Å². The summed E-state index contributed by atoms with van der Waals surface area (Å²) in [6.45, 7) is 1.57. The smallest absolute Gasteiger partial charge is 0.258 e. The molecule has 1 heterocycles. The second kappa shape index (κ2) is 2.33. The molecular formula is C3H6O2Si. The zero-order chi connectivity index (χ0) is 4.24. The first-order valence-corrected chi connectivity index (χ1v) is 3.04. The molecule has 3 heteroatoms. The van der Waals surface area contributed by atoms with E-state index in [0.717, 1.165) is 19.4 Å². The lowest BCUT2D eigenvalue weighted by Gasteiger charge is -2.08. The van der Waals surface area contributed by atoms with E-state index in [-0.39, 0.29) is 0 Å². The normalized spacial score (nSPS) is 24.0. The van der Waals surface area contributed by atoms with E-state index in [1.807, 2.05) is 0 Å². The van der Waals surface area contributed by atoms with Crippen LogP contribution in [0, 0.1) is 0 Å². The Balaban J connectivity index is 2.00. The molecule has 0 aromatic heterocycles. The summed E-state index contributed by atoms with van der Waals surface area (Å²) in [5.74, 6) is 0. The molecule has 1 aliphatic rings. The average molecular weight is 102 g/mol. The predicted octanol–water partition coefficient (Wildman–Crippen LogP) is -0.390. The Morgan fingerprint density at radius 2 is 2.33 bits per heavy atom. The van der Waals surface area contributed by atoms with Crippen LogP contribution in [0.25, 0.3) is 0 Å². The maximum atomic E-state index is 4.97. The topological polar surface area (TPSA) is 18.5 Å². The van der Waals surface area contributed by atoms with Crippen LogP contribution in [0.4, 0.5) is 0 Å². The van der Waals surface area contributed by atoms with Crippen LogP contribution in [0.3, 0.4) is 0 Å². The van der Waals surface area contributed by atoms with E-state index in [2.05, 4.69) is 0 Å². The first kappa shape index (κ1) is 4.30. The molecule has 0 spiro atoms. The Hall–Kier alpha value is 0.137. The lowest BCUT2D eigenvalue weighted by atomic mass is 10.8. The summed E-state index contributed by atoms with van der Waals surface area (Å²) < 4.78 is 9.93. The molecule has 1 fully saturated rings. The molecule has 2 radical (unpaired) electrons. The van der Waals surface area contributed by atoms with E-state index >= 15 is 0 Å². The number of hydrogen-bond donors (Lipinski definition) is 0. The third kappa shape index (κ3) is 1.08. The Morgan fingerprint density at radius 1 is 1.33 bits per heavy atom. The van der Waals surface area contributed by atoms with Crippen molar-refractivity contribution in [1.82, 2.24) is 0 Å². The molecule has 6 heavy (non-hydrogen) atoms. The lowest BCUT2D eigenvalue weighted by Crippen LogP contribution is -2.19. The fourth-order valence-corrected chi connectivity index (χ4v) is 0.867. The van der Waals surface area contributed by atoms with E-state index in [4.69, 9.17) is 9.16 Å². The number of ether oxygens (including phenoxy) is 1. The van der Waals surface area contributed by atoms with E-state index < -0.39 is 0 Å². The van der Waals surface area contributed by atoms with Gasteiger partial charge in [0.25, 0.3) is 9.76 Å². The van der Waals surface area contributed by atoms with Gasteiger partial charge in [0.15, 0.2) is 0 Å². The molecule has 0 bridgehead atoms. The Bertz CT molecular complexity index is 24.3. The van der Waals surface area contributed by atoms with Gasteiger partial charge in [0.1, 0.15) is 0 Å². The Labute approximate surface area is 39.4 Å². The summed E-state index contributed by atoms with van der Waals surface area (Å²) in [4.78, 5) is 0. The third-order valence-corrected chi connectivity index (χ3v) is 1.32. The standard InChI is InChI=1S/C3H6O2Si/c1-2-5-6-3-4-1/h1-3H2. The second-order valence-electron chi connectivity index (χ2n) is 1.05. The van der Waals surface area contributed by atoms with E-state index in [1.54, 1.807) is 0 Å². The van der Waals surface area contributed by atoms with E-state index in [0.29, 0.717) is 9.76 Å². The molecule has 0 amide bonds. The highest BCUT2D eigenvalue weighted by molar-refractivity contribution is 6.26. The van der Waals surface area contributed by atoms with Gasteiger partial charge in [-0.1, -0.05) is 0 Å². The van der Waals surface area contributed by atoms with Crippen molar-refractivity contribution in [2.45, 2.75) is 0 Å². The molecule has 0 aromatic rings. The van der Waals surface area contributed by atoms with Crippen LogP contribution < -0.4 is 0 Å². The molecule has 0 unspecified atom stereocenters. The Morgan fingerprint density at radius 3 is 2.50 bits per heavy atom. The zero-order valence-corrected chi connectivity index (χ0v) is 4.44. The molecule has 34 valence electrons. The fourth-order valence-electron chi connectivity index (χ4n) is 0.328. The molecule has 1 saturated heterocycles. The SMILES string of the molecule is C1CO[Si]CO1. The van der Waals surface area contributed by atoms with Crippen molar-refractivity contribution >= 4 is 9.76 Å². The molecule has 1 rings (SSSR count). The van der Waals surface area contributed by atoms with Gasteiger partial charge in [-0.3, -0.25) is 0 Å². The summed E-state index contributed by atoms with van der Waals surface area (Å²) in [6, 6.07) is 0. The van der Waals surface area contributed by atoms with Crippen molar-refractivity contribution in [3.05, 3.63) is 0 Å². The maximum absolute atomic E-state index is 4.97. The van der Waals surface area contributed by atoms with Crippen LogP contribution in [-0.4, -0.2) is 29.2 Å². The highest BCUT2D eigenvalue weighted by Gasteiger charge is 1.97. The van der Waals surface area contributed by atoms with Crippen molar-refractivity contribution < 1.29 is 9.16 Å². The minimum atomic E-state index is 0.579. The van der Waals surface area contributed by atoms with Crippen LogP contribution in [0.5, 0.6) is 0 Å². The number of rotatable bonds is 0.